The largest absolute Gasteiger partial charge is 0.497 e. The summed E-state index contributed by atoms with van der Waals surface area (Å²) in [5, 5.41) is 0.995. The Morgan fingerprint density at radius 3 is 2.53 bits per heavy atom. The molecule has 1 unspecified atom stereocenters. The zero-order chi connectivity index (χ0) is 11.3. The topological polar surface area (TPSA) is 18.5 Å². The van der Waals surface area contributed by atoms with Crippen LogP contribution < -0.4 is 9.47 Å². The molecule has 0 amide bonds. The van der Waals surface area contributed by atoms with Crippen LogP contribution in [0.3, 0.4) is 0 Å². The first-order valence-electron chi connectivity index (χ1n) is 5.00. The Hall–Kier alpha value is -0.700. The van der Waals surface area contributed by atoms with Gasteiger partial charge in [-0.05, 0) is 30.5 Å². The number of hydrogen-bond donors (Lipinski definition) is 0. The van der Waals surface area contributed by atoms with E-state index in [0.717, 1.165) is 23.2 Å². The molecule has 1 atom stereocenters. The molecule has 0 aliphatic heterocycles. The summed E-state index contributed by atoms with van der Waals surface area (Å²) >= 11 is 3.46. The number of rotatable bonds is 5. The second-order valence-corrected chi connectivity index (χ2v) is 4.28. The van der Waals surface area contributed by atoms with Gasteiger partial charge in [-0.25, -0.2) is 0 Å². The number of halogens is 1. The molecule has 2 nitrogen and oxygen atoms in total. The molecule has 0 heterocycles. The van der Waals surface area contributed by atoms with Crippen LogP contribution in [-0.4, -0.2) is 19.5 Å². The van der Waals surface area contributed by atoms with E-state index in [0.29, 0.717) is 5.92 Å². The van der Waals surface area contributed by atoms with Gasteiger partial charge in [-0.3, -0.25) is 0 Å². The van der Waals surface area contributed by atoms with Crippen molar-refractivity contribution in [2.24, 2.45) is 0 Å². The molecular formula is C12H17BrO2. The van der Waals surface area contributed by atoms with Gasteiger partial charge in [0.25, 0.3) is 0 Å². The quantitative estimate of drug-likeness (QED) is 0.763. The molecule has 0 radical (unpaired) electrons. The standard InChI is InChI=1S/C12H17BrO2/c1-9(6-7-13)11-8-10(14-2)4-5-12(11)15-3/h4-5,8-9H,6-7H2,1-3H3. The van der Waals surface area contributed by atoms with Crippen LogP contribution >= 0.6 is 15.9 Å². The van der Waals surface area contributed by atoms with Crippen molar-refractivity contribution in [2.75, 3.05) is 19.5 Å². The summed E-state index contributed by atoms with van der Waals surface area (Å²) in [6.07, 6.45) is 1.09. The van der Waals surface area contributed by atoms with Crippen LogP contribution in [0.2, 0.25) is 0 Å². The summed E-state index contributed by atoms with van der Waals surface area (Å²) in [5.74, 6) is 2.28. The fourth-order valence-corrected chi connectivity index (χ4v) is 2.23. The molecule has 0 saturated carbocycles. The van der Waals surface area contributed by atoms with Crippen LogP contribution in [0, 0.1) is 0 Å². The first-order valence-corrected chi connectivity index (χ1v) is 6.13. The second kappa shape index (κ2) is 6.01. The number of ether oxygens (including phenoxy) is 2. The lowest BCUT2D eigenvalue weighted by molar-refractivity contribution is 0.395. The Labute approximate surface area is 99.7 Å². The maximum atomic E-state index is 5.34. The lowest BCUT2D eigenvalue weighted by Gasteiger charge is -2.15. The van der Waals surface area contributed by atoms with Crippen molar-refractivity contribution in [3.8, 4) is 11.5 Å². The normalized spacial score (nSPS) is 12.3. The van der Waals surface area contributed by atoms with Crippen LogP contribution in [-0.2, 0) is 0 Å². The third-order valence-corrected chi connectivity index (χ3v) is 2.97. The number of methoxy groups -OCH3 is 2. The number of alkyl halides is 1. The summed E-state index contributed by atoms with van der Waals surface area (Å²) < 4.78 is 10.6. The van der Waals surface area contributed by atoms with E-state index in [1.807, 2.05) is 18.2 Å². The van der Waals surface area contributed by atoms with E-state index in [4.69, 9.17) is 9.47 Å². The number of benzene rings is 1. The van der Waals surface area contributed by atoms with Gasteiger partial charge in [0.2, 0.25) is 0 Å². The minimum absolute atomic E-state index is 0.467. The third-order valence-electron chi connectivity index (χ3n) is 2.51. The molecule has 84 valence electrons. The van der Waals surface area contributed by atoms with E-state index < -0.39 is 0 Å². The molecule has 0 aromatic heterocycles. The van der Waals surface area contributed by atoms with Crippen LogP contribution in [0.5, 0.6) is 11.5 Å². The minimum atomic E-state index is 0.467. The van der Waals surface area contributed by atoms with Gasteiger partial charge in [0.15, 0.2) is 0 Å². The van der Waals surface area contributed by atoms with Crippen molar-refractivity contribution < 1.29 is 9.47 Å². The van der Waals surface area contributed by atoms with Crippen molar-refractivity contribution >= 4 is 15.9 Å². The summed E-state index contributed by atoms with van der Waals surface area (Å²) in [6.45, 7) is 2.19. The van der Waals surface area contributed by atoms with Crippen molar-refractivity contribution in [3.63, 3.8) is 0 Å². The van der Waals surface area contributed by atoms with Crippen molar-refractivity contribution in [1.82, 2.24) is 0 Å². The smallest absolute Gasteiger partial charge is 0.122 e. The Balaban J connectivity index is 3.00. The molecule has 1 rings (SSSR count). The van der Waals surface area contributed by atoms with Gasteiger partial charge >= 0.3 is 0 Å². The SMILES string of the molecule is COc1ccc(OC)c(C(C)CCBr)c1. The van der Waals surface area contributed by atoms with Gasteiger partial charge in [0, 0.05) is 10.9 Å². The first kappa shape index (κ1) is 12.4. The van der Waals surface area contributed by atoms with E-state index in [9.17, 15) is 0 Å². The highest BCUT2D eigenvalue weighted by molar-refractivity contribution is 9.09. The third kappa shape index (κ3) is 3.13. The predicted molar refractivity (Wildman–Crippen MR) is 66.4 cm³/mol. The Bertz CT molecular complexity index is 312. The second-order valence-electron chi connectivity index (χ2n) is 3.49. The lowest BCUT2D eigenvalue weighted by Crippen LogP contribution is -1.99. The van der Waals surface area contributed by atoms with Gasteiger partial charge < -0.3 is 9.47 Å². The van der Waals surface area contributed by atoms with Crippen LogP contribution in [0.1, 0.15) is 24.8 Å². The molecule has 0 aliphatic carbocycles. The van der Waals surface area contributed by atoms with E-state index >= 15 is 0 Å². The molecule has 0 fully saturated rings. The van der Waals surface area contributed by atoms with Crippen LogP contribution in [0.4, 0.5) is 0 Å². The van der Waals surface area contributed by atoms with Gasteiger partial charge in [0.05, 0.1) is 14.2 Å². The predicted octanol–water partition coefficient (Wildman–Crippen LogP) is 3.59. The summed E-state index contributed by atoms with van der Waals surface area (Å²) in [5.41, 5.74) is 1.20. The average molecular weight is 273 g/mol. The van der Waals surface area contributed by atoms with E-state index in [2.05, 4.69) is 22.9 Å². The summed E-state index contributed by atoms with van der Waals surface area (Å²) in [7, 11) is 3.38. The van der Waals surface area contributed by atoms with Crippen LogP contribution in [0.25, 0.3) is 0 Å². The molecule has 15 heavy (non-hydrogen) atoms. The molecule has 0 saturated heterocycles. The molecule has 3 heteroatoms. The van der Waals surface area contributed by atoms with E-state index in [1.165, 1.54) is 5.56 Å². The van der Waals surface area contributed by atoms with E-state index in [1.54, 1.807) is 14.2 Å². The summed E-state index contributed by atoms with van der Waals surface area (Å²) in [4.78, 5) is 0. The van der Waals surface area contributed by atoms with Crippen molar-refractivity contribution in [1.29, 1.82) is 0 Å². The highest BCUT2D eigenvalue weighted by Crippen LogP contribution is 2.32. The van der Waals surface area contributed by atoms with Gasteiger partial charge in [-0.2, -0.15) is 0 Å². The minimum Gasteiger partial charge on any atom is -0.497 e. The molecule has 0 bridgehead atoms. The fourth-order valence-electron chi connectivity index (χ4n) is 1.54. The Morgan fingerprint density at radius 1 is 1.27 bits per heavy atom. The monoisotopic (exact) mass is 272 g/mol. The molecule has 0 spiro atoms. The average Bonchev–Trinajstić information content (AvgIpc) is 2.28. The maximum Gasteiger partial charge on any atom is 0.122 e. The number of hydrogen-bond acceptors (Lipinski definition) is 2. The Kier molecular flexibility index (Phi) is 4.95. The van der Waals surface area contributed by atoms with Crippen molar-refractivity contribution in [2.45, 2.75) is 19.3 Å². The Morgan fingerprint density at radius 2 is 2.00 bits per heavy atom. The highest BCUT2D eigenvalue weighted by atomic mass is 79.9. The lowest BCUT2D eigenvalue weighted by atomic mass is 9.97. The van der Waals surface area contributed by atoms with Crippen molar-refractivity contribution in [3.05, 3.63) is 23.8 Å². The molecule has 1 aromatic rings. The molecule has 0 aliphatic rings. The van der Waals surface area contributed by atoms with Gasteiger partial charge in [0.1, 0.15) is 11.5 Å². The highest BCUT2D eigenvalue weighted by Gasteiger charge is 2.11. The molecular weight excluding hydrogens is 256 g/mol. The zero-order valence-electron chi connectivity index (χ0n) is 9.42. The zero-order valence-corrected chi connectivity index (χ0v) is 11.0. The fraction of sp³-hybridized carbons (Fsp3) is 0.500. The van der Waals surface area contributed by atoms with Gasteiger partial charge in [-0.15, -0.1) is 0 Å². The van der Waals surface area contributed by atoms with Gasteiger partial charge in [-0.1, -0.05) is 22.9 Å². The van der Waals surface area contributed by atoms with E-state index in [-0.39, 0.29) is 0 Å². The maximum absolute atomic E-state index is 5.34. The van der Waals surface area contributed by atoms with Crippen LogP contribution in [0.15, 0.2) is 18.2 Å². The molecule has 1 aromatic carbocycles. The first-order chi connectivity index (χ1) is 7.22. The molecule has 0 N–H and O–H groups in total. The summed E-state index contributed by atoms with van der Waals surface area (Å²) in [6, 6.07) is 5.92.